The topological polar surface area (TPSA) is 46.5 Å². The van der Waals surface area contributed by atoms with Gasteiger partial charge in [0, 0.05) is 18.8 Å². The Labute approximate surface area is 100.0 Å². The van der Waals surface area contributed by atoms with E-state index in [1.807, 2.05) is 0 Å². The van der Waals surface area contributed by atoms with E-state index >= 15 is 0 Å². The molecular weight excluding hydrogens is 228 g/mol. The highest BCUT2D eigenvalue weighted by Gasteiger charge is 2.02. The van der Waals surface area contributed by atoms with Gasteiger partial charge in [0.05, 0.1) is 5.88 Å². The van der Waals surface area contributed by atoms with Crippen LogP contribution in [0.25, 0.3) is 0 Å². The number of aromatic hydroxyl groups is 1. The van der Waals surface area contributed by atoms with Crippen LogP contribution in [0.4, 0.5) is 0 Å². The van der Waals surface area contributed by atoms with Crippen LogP contribution in [0.5, 0.6) is 5.75 Å². The average Bonchev–Trinajstić information content (AvgIpc) is 2.86. The lowest BCUT2D eigenvalue weighted by Crippen LogP contribution is -1.98. The van der Waals surface area contributed by atoms with Crippen molar-refractivity contribution in [3.05, 3.63) is 29.8 Å². The number of benzene rings is 1. The quantitative estimate of drug-likeness (QED) is 0.641. The van der Waals surface area contributed by atoms with Crippen molar-refractivity contribution in [1.29, 1.82) is 0 Å². The van der Waals surface area contributed by atoms with Crippen molar-refractivity contribution in [3.8, 4) is 5.75 Å². The standard InChI is InChI=1S/C8H7ClO2.C4H8O/c9-5-8(11)6-2-1-3-7(10)4-6;1-2-4-5-3-1/h1-4,10H,5H2;1-4H2. The third-order valence-electron chi connectivity index (χ3n) is 2.12. The fraction of sp³-hybridized carbons (Fsp3) is 0.417. The van der Waals surface area contributed by atoms with Crippen LogP contribution in [0.15, 0.2) is 24.3 Å². The molecule has 0 unspecified atom stereocenters. The number of alkyl halides is 1. The second kappa shape index (κ2) is 7.25. The molecule has 0 spiro atoms. The number of phenolic OH excluding ortho intramolecular Hbond substituents is 1. The van der Waals surface area contributed by atoms with Gasteiger partial charge in [0.25, 0.3) is 0 Å². The van der Waals surface area contributed by atoms with Gasteiger partial charge in [0.15, 0.2) is 5.78 Å². The molecule has 0 amide bonds. The van der Waals surface area contributed by atoms with Crippen molar-refractivity contribution >= 4 is 17.4 Å². The molecule has 16 heavy (non-hydrogen) atoms. The summed E-state index contributed by atoms with van der Waals surface area (Å²) in [6, 6.07) is 6.12. The van der Waals surface area contributed by atoms with Gasteiger partial charge in [0.1, 0.15) is 5.75 Å². The van der Waals surface area contributed by atoms with Crippen LogP contribution in [0.2, 0.25) is 0 Å². The zero-order valence-corrected chi connectivity index (χ0v) is 9.74. The molecule has 1 heterocycles. The molecule has 0 aromatic heterocycles. The molecule has 0 radical (unpaired) electrons. The summed E-state index contributed by atoms with van der Waals surface area (Å²) in [6.45, 7) is 2.00. The first-order valence-corrected chi connectivity index (χ1v) is 5.73. The first kappa shape index (κ1) is 13.0. The Morgan fingerprint density at radius 1 is 1.38 bits per heavy atom. The molecule has 0 saturated carbocycles. The van der Waals surface area contributed by atoms with Crippen LogP contribution in [-0.4, -0.2) is 30.0 Å². The highest BCUT2D eigenvalue weighted by Crippen LogP contribution is 2.11. The smallest absolute Gasteiger partial charge is 0.177 e. The molecule has 0 bridgehead atoms. The fourth-order valence-electron chi connectivity index (χ4n) is 1.27. The summed E-state index contributed by atoms with van der Waals surface area (Å²) in [5.41, 5.74) is 0.444. The first-order valence-electron chi connectivity index (χ1n) is 5.20. The predicted octanol–water partition coefficient (Wildman–Crippen LogP) is 2.61. The van der Waals surface area contributed by atoms with Crippen molar-refractivity contribution in [2.24, 2.45) is 0 Å². The number of hydrogen-bond donors (Lipinski definition) is 1. The van der Waals surface area contributed by atoms with Gasteiger partial charge >= 0.3 is 0 Å². The lowest BCUT2D eigenvalue weighted by atomic mass is 10.1. The summed E-state index contributed by atoms with van der Waals surface area (Å²) in [4.78, 5) is 10.9. The van der Waals surface area contributed by atoms with Crippen molar-refractivity contribution in [2.45, 2.75) is 12.8 Å². The van der Waals surface area contributed by atoms with Crippen molar-refractivity contribution in [3.63, 3.8) is 0 Å². The molecule has 1 aliphatic heterocycles. The number of carbonyl (C=O) groups excluding carboxylic acids is 1. The van der Waals surface area contributed by atoms with Crippen molar-refractivity contribution < 1.29 is 14.6 Å². The van der Waals surface area contributed by atoms with Gasteiger partial charge < -0.3 is 9.84 Å². The van der Waals surface area contributed by atoms with Gasteiger partial charge in [-0.2, -0.15) is 0 Å². The molecule has 1 aliphatic rings. The molecule has 0 aliphatic carbocycles. The first-order chi connectivity index (χ1) is 7.74. The fourth-order valence-corrected chi connectivity index (χ4v) is 1.42. The van der Waals surface area contributed by atoms with E-state index in [1.165, 1.54) is 25.0 Å². The molecule has 1 aromatic carbocycles. The summed E-state index contributed by atoms with van der Waals surface area (Å²) < 4.78 is 4.94. The maximum absolute atomic E-state index is 10.9. The maximum Gasteiger partial charge on any atom is 0.177 e. The summed E-state index contributed by atoms with van der Waals surface area (Å²) in [5.74, 6) is -0.146. The summed E-state index contributed by atoms with van der Waals surface area (Å²) in [5, 5.41) is 8.96. The van der Waals surface area contributed by atoms with E-state index < -0.39 is 0 Å². The van der Waals surface area contributed by atoms with Crippen LogP contribution in [0.3, 0.4) is 0 Å². The molecule has 1 aromatic rings. The number of halogens is 1. The van der Waals surface area contributed by atoms with Crippen molar-refractivity contribution in [2.75, 3.05) is 19.1 Å². The normalized spacial score (nSPS) is 14.1. The lowest BCUT2D eigenvalue weighted by Gasteiger charge is -1.96. The van der Waals surface area contributed by atoms with Gasteiger partial charge in [-0.05, 0) is 25.0 Å². The van der Waals surface area contributed by atoms with Gasteiger partial charge in [-0.1, -0.05) is 12.1 Å². The second-order valence-electron chi connectivity index (χ2n) is 3.43. The number of phenols is 1. The Kier molecular flexibility index (Phi) is 5.90. The second-order valence-corrected chi connectivity index (χ2v) is 3.69. The number of rotatable bonds is 2. The van der Waals surface area contributed by atoms with Crippen LogP contribution in [0, 0.1) is 0 Å². The Morgan fingerprint density at radius 2 is 2.06 bits per heavy atom. The van der Waals surface area contributed by atoms with E-state index in [0.29, 0.717) is 5.56 Å². The van der Waals surface area contributed by atoms with Gasteiger partial charge in [-0.25, -0.2) is 0 Å². The number of Topliss-reactive ketones (excluding diaryl/α,β-unsaturated/α-hetero) is 1. The monoisotopic (exact) mass is 242 g/mol. The minimum Gasteiger partial charge on any atom is -0.508 e. The number of carbonyl (C=O) groups is 1. The Bertz CT molecular complexity index is 327. The van der Waals surface area contributed by atoms with E-state index in [1.54, 1.807) is 12.1 Å². The van der Waals surface area contributed by atoms with E-state index in [4.69, 9.17) is 21.4 Å². The zero-order chi connectivity index (χ0) is 11.8. The van der Waals surface area contributed by atoms with Crippen LogP contribution >= 0.6 is 11.6 Å². The maximum atomic E-state index is 10.9. The highest BCUT2D eigenvalue weighted by molar-refractivity contribution is 6.30. The van der Waals surface area contributed by atoms with Crippen LogP contribution < -0.4 is 0 Å². The molecule has 0 atom stereocenters. The molecule has 1 N–H and O–H groups in total. The molecule has 1 fully saturated rings. The number of hydrogen-bond acceptors (Lipinski definition) is 3. The van der Waals surface area contributed by atoms with Gasteiger partial charge in [0.2, 0.25) is 0 Å². The number of ketones is 1. The highest BCUT2D eigenvalue weighted by atomic mass is 35.5. The van der Waals surface area contributed by atoms with Gasteiger partial charge in [-0.15, -0.1) is 11.6 Å². The Balaban J connectivity index is 0.000000212. The van der Waals surface area contributed by atoms with E-state index in [0.717, 1.165) is 13.2 Å². The van der Waals surface area contributed by atoms with Crippen molar-refractivity contribution in [1.82, 2.24) is 0 Å². The Hall–Kier alpha value is -1.06. The summed E-state index contributed by atoms with van der Waals surface area (Å²) >= 11 is 5.31. The third kappa shape index (κ3) is 4.64. The average molecular weight is 243 g/mol. The molecule has 1 saturated heterocycles. The van der Waals surface area contributed by atoms with Crippen LogP contribution in [0.1, 0.15) is 23.2 Å². The molecular formula is C12H15ClO3. The minimum atomic E-state index is -0.178. The summed E-state index contributed by atoms with van der Waals surface area (Å²) in [6.07, 6.45) is 2.56. The zero-order valence-electron chi connectivity index (χ0n) is 8.99. The Morgan fingerprint density at radius 3 is 2.50 bits per heavy atom. The van der Waals surface area contributed by atoms with Gasteiger partial charge in [-0.3, -0.25) is 4.79 Å². The van der Waals surface area contributed by atoms with E-state index in [2.05, 4.69) is 0 Å². The molecule has 3 nitrogen and oxygen atoms in total. The summed E-state index contributed by atoms with van der Waals surface area (Å²) in [7, 11) is 0. The SMILES string of the molecule is C1CCOC1.O=C(CCl)c1cccc(O)c1. The minimum absolute atomic E-state index is 0.0521. The largest absolute Gasteiger partial charge is 0.508 e. The predicted molar refractivity (Wildman–Crippen MR) is 63.2 cm³/mol. The lowest BCUT2D eigenvalue weighted by molar-refractivity contribution is 0.102. The number of ether oxygens (including phenoxy) is 1. The van der Waals surface area contributed by atoms with Crippen LogP contribution in [-0.2, 0) is 4.74 Å². The third-order valence-corrected chi connectivity index (χ3v) is 2.36. The van der Waals surface area contributed by atoms with E-state index in [-0.39, 0.29) is 17.4 Å². The molecule has 2 rings (SSSR count). The molecule has 88 valence electrons. The van der Waals surface area contributed by atoms with E-state index in [9.17, 15) is 4.79 Å². The molecule has 4 heteroatoms.